The molecular formula is C24H30ClN3O2. The monoisotopic (exact) mass is 427 g/mol. The van der Waals surface area contributed by atoms with Gasteiger partial charge in [0.25, 0.3) is 5.91 Å². The van der Waals surface area contributed by atoms with Crippen LogP contribution in [-0.2, 0) is 11.2 Å². The van der Waals surface area contributed by atoms with Crippen molar-refractivity contribution < 1.29 is 9.59 Å². The third-order valence-corrected chi connectivity index (χ3v) is 6.50. The van der Waals surface area contributed by atoms with Gasteiger partial charge in [0.05, 0.1) is 6.04 Å². The topological polar surface area (TPSA) is 66.6 Å². The number of carbonyl (C=O) groups excluding carboxylic acids is 2. The maximum absolute atomic E-state index is 13.1. The normalized spacial score (nSPS) is 22.6. The van der Waals surface area contributed by atoms with Crippen LogP contribution in [0.5, 0.6) is 0 Å². The maximum Gasteiger partial charge on any atom is 0.253 e. The van der Waals surface area contributed by atoms with E-state index in [0.717, 1.165) is 24.1 Å². The second-order valence-corrected chi connectivity index (χ2v) is 8.34. The van der Waals surface area contributed by atoms with Crippen molar-refractivity contribution in [3.05, 3.63) is 70.8 Å². The average Bonchev–Trinajstić information content (AvgIpc) is 3.27. The minimum Gasteiger partial charge on any atom is -0.338 e. The van der Waals surface area contributed by atoms with E-state index in [9.17, 15) is 9.59 Å². The third-order valence-electron chi connectivity index (χ3n) is 6.50. The lowest BCUT2D eigenvalue weighted by atomic mass is 9.87. The Morgan fingerprint density at radius 2 is 1.73 bits per heavy atom. The lowest BCUT2D eigenvalue weighted by Crippen LogP contribution is -2.36. The van der Waals surface area contributed by atoms with Crippen LogP contribution in [-0.4, -0.2) is 47.8 Å². The minimum atomic E-state index is 0. The second kappa shape index (κ2) is 9.19. The fourth-order valence-corrected chi connectivity index (χ4v) is 5.02. The first kappa shape index (κ1) is 22.3. The summed E-state index contributed by atoms with van der Waals surface area (Å²) in [4.78, 5) is 29.4. The summed E-state index contributed by atoms with van der Waals surface area (Å²) in [5.41, 5.74) is 9.89. The molecule has 2 heterocycles. The Bertz CT molecular complexity index is 915. The van der Waals surface area contributed by atoms with E-state index in [1.165, 1.54) is 11.1 Å². The molecule has 0 bridgehead atoms. The van der Waals surface area contributed by atoms with Gasteiger partial charge >= 0.3 is 0 Å². The summed E-state index contributed by atoms with van der Waals surface area (Å²) in [7, 11) is 0. The molecule has 0 spiro atoms. The summed E-state index contributed by atoms with van der Waals surface area (Å²) < 4.78 is 0. The van der Waals surface area contributed by atoms with E-state index in [-0.39, 0.29) is 36.2 Å². The number of benzene rings is 2. The summed E-state index contributed by atoms with van der Waals surface area (Å²) in [6, 6.07) is 16.1. The molecule has 2 N–H and O–H groups in total. The van der Waals surface area contributed by atoms with Crippen LogP contribution < -0.4 is 5.73 Å². The van der Waals surface area contributed by atoms with Crippen LogP contribution in [0.25, 0.3) is 0 Å². The lowest BCUT2D eigenvalue weighted by Gasteiger charge is -2.30. The Hall–Kier alpha value is -2.37. The summed E-state index contributed by atoms with van der Waals surface area (Å²) in [5.74, 6) is 0.794. The Labute approximate surface area is 184 Å². The van der Waals surface area contributed by atoms with E-state index in [4.69, 9.17) is 5.73 Å². The highest BCUT2D eigenvalue weighted by molar-refractivity contribution is 5.94. The number of nitrogens with two attached hydrogens (primary N) is 1. The maximum atomic E-state index is 13.1. The van der Waals surface area contributed by atoms with Gasteiger partial charge in [-0.05, 0) is 48.7 Å². The molecule has 0 saturated carbocycles. The van der Waals surface area contributed by atoms with Crippen molar-refractivity contribution in [2.75, 3.05) is 26.2 Å². The van der Waals surface area contributed by atoms with Crippen molar-refractivity contribution in [1.29, 1.82) is 0 Å². The summed E-state index contributed by atoms with van der Waals surface area (Å²) in [5, 5.41) is 0. The third kappa shape index (κ3) is 4.09. The number of hydrogen-bond donors (Lipinski definition) is 1. The number of halogens is 1. The van der Waals surface area contributed by atoms with Gasteiger partial charge < -0.3 is 15.5 Å². The summed E-state index contributed by atoms with van der Waals surface area (Å²) >= 11 is 0. The Kier molecular flexibility index (Phi) is 6.84. The molecule has 6 heteroatoms. The summed E-state index contributed by atoms with van der Waals surface area (Å²) in [6.07, 6.45) is 0.821. The quantitative estimate of drug-likeness (QED) is 0.814. The smallest absolute Gasteiger partial charge is 0.253 e. The Morgan fingerprint density at radius 3 is 2.37 bits per heavy atom. The van der Waals surface area contributed by atoms with Crippen molar-refractivity contribution >= 4 is 24.2 Å². The molecule has 2 aliphatic heterocycles. The van der Waals surface area contributed by atoms with Crippen LogP contribution in [0.3, 0.4) is 0 Å². The zero-order valence-corrected chi connectivity index (χ0v) is 18.4. The van der Waals surface area contributed by atoms with Crippen LogP contribution in [0.1, 0.15) is 40.0 Å². The molecule has 30 heavy (non-hydrogen) atoms. The molecule has 160 valence electrons. The van der Waals surface area contributed by atoms with Crippen molar-refractivity contribution in [3.63, 3.8) is 0 Å². The minimum absolute atomic E-state index is 0. The number of likely N-dealkylation sites (tertiary alicyclic amines) is 2. The van der Waals surface area contributed by atoms with Gasteiger partial charge in [-0.15, -0.1) is 12.4 Å². The van der Waals surface area contributed by atoms with Crippen LogP contribution in [0.4, 0.5) is 0 Å². The Balaban J connectivity index is 0.00000256. The van der Waals surface area contributed by atoms with Crippen LogP contribution in [0.2, 0.25) is 0 Å². The van der Waals surface area contributed by atoms with E-state index < -0.39 is 0 Å². The molecule has 2 fully saturated rings. The molecule has 0 aliphatic carbocycles. The predicted molar refractivity (Wildman–Crippen MR) is 121 cm³/mol. The number of aryl methyl sites for hydroxylation is 1. The van der Waals surface area contributed by atoms with Crippen LogP contribution >= 0.6 is 12.4 Å². The molecule has 3 atom stereocenters. The standard InChI is InChI=1S/C24H29N3O2.ClH/c1-16-5-3-4-6-21(16)23-22-15-26(13-20(22)14-27(23)17(2)28)24(29)19-9-7-18(8-10-19)11-12-25;/h3-10,20,22-23H,11-15,25H2,1-2H3;1H/t20-,22-,23-;/m1./s1. The largest absolute Gasteiger partial charge is 0.338 e. The molecule has 4 rings (SSSR count). The highest BCUT2D eigenvalue weighted by Crippen LogP contribution is 2.46. The molecule has 0 aromatic heterocycles. The number of hydrogen-bond acceptors (Lipinski definition) is 3. The molecule has 2 amide bonds. The fraction of sp³-hybridized carbons (Fsp3) is 0.417. The van der Waals surface area contributed by atoms with E-state index in [2.05, 4.69) is 19.1 Å². The van der Waals surface area contributed by atoms with Crippen molar-refractivity contribution in [1.82, 2.24) is 9.80 Å². The van der Waals surface area contributed by atoms with Crippen molar-refractivity contribution in [2.45, 2.75) is 26.3 Å². The van der Waals surface area contributed by atoms with Gasteiger partial charge in [-0.25, -0.2) is 0 Å². The number of amides is 2. The van der Waals surface area contributed by atoms with E-state index in [1.54, 1.807) is 6.92 Å². The number of carbonyl (C=O) groups is 2. The lowest BCUT2D eigenvalue weighted by molar-refractivity contribution is -0.130. The van der Waals surface area contributed by atoms with E-state index in [0.29, 0.717) is 25.6 Å². The Morgan fingerprint density at radius 1 is 1.03 bits per heavy atom. The number of rotatable bonds is 4. The first-order valence-corrected chi connectivity index (χ1v) is 10.4. The van der Waals surface area contributed by atoms with Gasteiger partial charge in [0, 0.05) is 44.0 Å². The molecule has 2 aromatic carbocycles. The molecule has 2 aromatic rings. The second-order valence-electron chi connectivity index (χ2n) is 8.34. The highest BCUT2D eigenvalue weighted by Gasteiger charge is 2.49. The summed E-state index contributed by atoms with van der Waals surface area (Å²) in [6.45, 7) is 6.48. The zero-order chi connectivity index (χ0) is 20.5. The van der Waals surface area contributed by atoms with Crippen molar-refractivity contribution in [3.8, 4) is 0 Å². The highest BCUT2D eigenvalue weighted by atomic mass is 35.5. The molecule has 2 aliphatic rings. The number of nitrogens with zero attached hydrogens (tertiary/aromatic N) is 2. The molecule has 2 saturated heterocycles. The first-order valence-electron chi connectivity index (χ1n) is 10.4. The van der Waals surface area contributed by atoms with Crippen molar-refractivity contribution in [2.24, 2.45) is 17.6 Å². The van der Waals surface area contributed by atoms with E-state index in [1.807, 2.05) is 46.2 Å². The SMILES string of the molecule is CC(=O)N1C[C@H]2CN(C(=O)c3ccc(CCN)cc3)C[C@H]2[C@H]1c1ccccc1C.Cl. The average molecular weight is 428 g/mol. The molecular weight excluding hydrogens is 398 g/mol. The van der Waals surface area contributed by atoms with Gasteiger partial charge in [0.1, 0.15) is 0 Å². The van der Waals surface area contributed by atoms with E-state index >= 15 is 0 Å². The van der Waals surface area contributed by atoms with Gasteiger partial charge in [-0.3, -0.25) is 9.59 Å². The van der Waals surface area contributed by atoms with Gasteiger partial charge in [-0.2, -0.15) is 0 Å². The fourth-order valence-electron chi connectivity index (χ4n) is 5.02. The molecule has 0 unspecified atom stereocenters. The number of fused-ring (bicyclic) bond motifs is 1. The van der Waals surface area contributed by atoms with Gasteiger partial charge in [0.15, 0.2) is 0 Å². The van der Waals surface area contributed by atoms with Gasteiger partial charge in [-0.1, -0.05) is 36.4 Å². The first-order chi connectivity index (χ1) is 14.0. The van der Waals surface area contributed by atoms with Gasteiger partial charge in [0.2, 0.25) is 5.91 Å². The molecule has 5 nitrogen and oxygen atoms in total. The molecule has 0 radical (unpaired) electrons. The van der Waals surface area contributed by atoms with Crippen LogP contribution in [0.15, 0.2) is 48.5 Å². The predicted octanol–water partition coefficient (Wildman–Crippen LogP) is 3.21. The van der Waals surface area contributed by atoms with Crippen LogP contribution in [0, 0.1) is 18.8 Å². The zero-order valence-electron chi connectivity index (χ0n) is 17.6.